The third kappa shape index (κ3) is 3.64. The molecule has 18 heavy (non-hydrogen) atoms. The molecule has 1 saturated heterocycles. The smallest absolute Gasteiger partial charge is 0.0613 e. The summed E-state index contributed by atoms with van der Waals surface area (Å²) >= 11 is 2.07. The van der Waals surface area contributed by atoms with Crippen molar-refractivity contribution in [1.29, 1.82) is 0 Å². The van der Waals surface area contributed by atoms with Gasteiger partial charge in [0.2, 0.25) is 0 Å². The summed E-state index contributed by atoms with van der Waals surface area (Å²) in [6.07, 6.45) is 6.07. The lowest BCUT2D eigenvalue weighted by Gasteiger charge is -2.49. The zero-order valence-electron chi connectivity index (χ0n) is 12.2. The van der Waals surface area contributed by atoms with Gasteiger partial charge < -0.3 is 10.4 Å². The minimum atomic E-state index is -0.0200. The molecule has 2 atom stereocenters. The fourth-order valence-electron chi connectivity index (χ4n) is 4.29. The monoisotopic (exact) mass is 271 g/mol. The van der Waals surface area contributed by atoms with Crippen molar-refractivity contribution in [2.45, 2.75) is 64.5 Å². The number of nitrogens with one attached hydrogen (secondary N) is 1. The third-order valence-electron chi connectivity index (χ3n) is 4.49. The van der Waals surface area contributed by atoms with E-state index in [1.807, 2.05) is 0 Å². The zero-order valence-corrected chi connectivity index (χ0v) is 13.0. The van der Waals surface area contributed by atoms with Crippen molar-refractivity contribution < 1.29 is 5.11 Å². The minimum absolute atomic E-state index is 0.0200. The molecular weight excluding hydrogens is 242 g/mol. The normalized spacial score (nSPS) is 37.7. The molecule has 0 radical (unpaired) electrons. The van der Waals surface area contributed by atoms with Crippen LogP contribution < -0.4 is 5.32 Å². The van der Waals surface area contributed by atoms with E-state index in [2.05, 4.69) is 37.8 Å². The highest BCUT2D eigenvalue weighted by molar-refractivity contribution is 7.99. The van der Waals surface area contributed by atoms with Crippen LogP contribution in [0, 0.1) is 11.3 Å². The lowest BCUT2D eigenvalue weighted by Crippen LogP contribution is -2.58. The van der Waals surface area contributed by atoms with E-state index < -0.39 is 0 Å². The standard InChI is InChI=1S/C15H29NOS/c1-12-8-14(2,3)10-15(9-12,11-17)16-13-4-6-18-7-5-13/h12-13,16-17H,4-11H2,1-3H3. The van der Waals surface area contributed by atoms with Gasteiger partial charge >= 0.3 is 0 Å². The van der Waals surface area contributed by atoms with Gasteiger partial charge in [-0.15, -0.1) is 0 Å². The molecular formula is C15H29NOS. The third-order valence-corrected chi connectivity index (χ3v) is 5.54. The average molecular weight is 271 g/mol. The fourth-order valence-corrected chi connectivity index (χ4v) is 5.40. The molecule has 0 amide bonds. The van der Waals surface area contributed by atoms with Gasteiger partial charge in [0.05, 0.1) is 6.61 Å². The van der Waals surface area contributed by atoms with Crippen molar-refractivity contribution in [2.24, 2.45) is 11.3 Å². The van der Waals surface area contributed by atoms with Crippen LogP contribution in [0.3, 0.4) is 0 Å². The molecule has 2 N–H and O–H groups in total. The predicted molar refractivity (Wildman–Crippen MR) is 80.1 cm³/mol. The number of aliphatic hydroxyl groups excluding tert-OH is 1. The van der Waals surface area contributed by atoms with Gasteiger partial charge in [0.25, 0.3) is 0 Å². The first-order valence-electron chi connectivity index (χ1n) is 7.41. The van der Waals surface area contributed by atoms with E-state index in [1.165, 1.54) is 30.8 Å². The molecule has 0 aromatic carbocycles. The quantitative estimate of drug-likeness (QED) is 0.827. The van der Waals surface area contributed by atoms with Crippen LogP contribution in [0.2, 0.25) is 0 Å². The predicted octanol–water partition coefficient (Wildman–Crippen LogP) is 3.05. The molecule has 0 aromatic rings. The van der Waals surface area contributed by atoms with Gasteiger partial charge in [-0.25, -0.2) is 0 Å². The molecule has 3 heteroatoms. The Labute approximate surface area is 116 Å². The Kier molecular flexibility index (Phi) is 4.66. The van der Waals surface area contributed by atoms with Crippen LogP contribution >= 0.6 is 11.8 Å². The molecule has 1 aliphatic carbocycles. The molecule has 1 aliphatic heterocycles. The summed E-state index contributed by atoms with van der Waals surface area (Å²) < 4.78 is 0. The first-order valence-corrected chi connectivity index (χ1v) is 8.57. The van der Waals surface area contributed by atoms with Crippen LogP contribution in [0.4, 0.5) is 0 Å². The second-order valence-electron chi connectivity index (χ2n) is 7.32. The van der Waals surface area contributed by atoms with Gasteiger partial charge in [-0.1, -0.05) is 20.8 Å². The van der Waals surface area contributed by atoms with Crippen molar-refractivity contribution >= 4 is 11.8 Å². The molecule has 1 heterocycles. The first kappa shape index (κ1) is 14.7. The highest BCUT2D eigenvalue weighted by Gasteiger charge is 2.43. The fraction of sp³-hybridized carbons (Fsp3) is 1.00. The number of aliphatic hydroxyl groups is 1. The molecule has 106 valence electrons. The van der Waals surface area contributed by atoms with Crippen molar-refractivity contribution in [3.05, 3.63) is 0 Å². The van der Waals surface area contributed by atoms with Crippen molar-refractivity contribution in [1.82, 2.24) is 5.32 Å². The van der Waals surface area contributed by atoms with Crippen LogP contribution in [0.25, 0.3) is 0 Å². The molecule has 2 fully saturated rings. The number of hydrogen-bond acceptors (Lipinski definition) is 3. The minimum Gasteiger partial charge on any atom is -0.394 e. The summed E-state index contributed by atoms with van der Waals surface area (Å²) in [6.45, 7) is 7.34. The molecule has 2 rings (SSSR count). The Morgan fingerprint density at radius 2 is 1.89 bits per heavy atom. The maximum atomic E-state index is 9.95. The van der Waals surface area contributed by atoms with E-state index in [9.17, 15) is 5.11 Å². The van der Waals surface area contributed by atoms with Gasteiger partial charge in [0.15, 0.2) is 0 Å². The van der Waals surface area contributed by atoms with Crippen LogP contribution in [0.1, 0.15) is 52.9 Å². The van der Waals surface area contributed by atoms with Crippen molar-refractivity contribution in [3.8, 4) is 0 Å². The van der Waals surface area contributed by atoms with E-state index in [0.717, 1.165) is 12.8 Å². The highest BCUT2D eigenvalue weighted by atomic mass is 32.2. The molecule has 2 aliphatic rings. The van der Waals surface area contributed by atoms with E-state index in [-0.39, 0.29) is 5.54 Å². The van der Waals surface area contributed by atoms with E-state index in [4.69, 9.17) is 0 Å². The Balaban J connectivity index is 2.04. The Hall–Kier alpha value is 0.270. The Morgan fingerprint density at radius 3 is 2.44 bits per heavy atom. The zero-order chi connectivity index (χ0) is 13.2. The summed E-state index contributed by atoms with van der Waals surface area (Å²) in [5.41, 5.74) is 0.338. The van der Waals surface area contributed by atoms with Gasteiger partial charge in [0.1, 0.15) is 0 Å². The van der Waals surface area contributed by atoms with Crippen LogP contribution in [0.15, 0.2) is 0 Å². The summed E-state index contributed by atoms with van der Waals surface area (Å²) in [4.78, 5) is 0. The Morgan fingerprint density at radius 1 is 1.22 bits per heavy atom. The summed E-state index contributed by atoms with van der Waals surface area (Å²) in [6, 6.07) is 0.625. The number of hydrogen-bond donors (Lipinski definition) is 2. The molecule has 0 aromatic heterocycles. The maximum Gasteiger partial charge on any atom is 0.0613 e. The van der Waals surface area contributed by atoms with Gasteiger partial charge in [-0.2, -0.15) is 11.8 Å². The van der Waals surface area contributed by atoms with Crippen LogP contribution in [0.5, 0.6) is 0 Å². The molecule has 2 unspecified atom stereocenters. The summed E-state index contributed by atoms with van der Waals surface area (Å²) in [7, 11) is 0. The number of rotatable bonds is 3. The Bertz CT molecular complexity index is 276. The number of thioether (sulfide) groups is 1. The van der Waals surface area contributed by atoms with Gasteiger partial charge in [-0.05, 0) is 54.9 Å². The van der Waals surface area contributed by atoms with Gasteiger partial charge in [0, 0.05) is 11.6 Å². The molecule has 0 bridgehead atoms. The largest absolute Gasteiger partial charge is 0.394 e. The second-order valence-corrected chi connectivity index (χ2v) is 8.55. The first-order chi connectivity index (χ1) is 8.45. The summed E-state index contributed by atoms with van der Waals surface area (Å²) in [5, 5.41) is 13.8. The van der Waals surface area contributed by atoms with E-state index in [1.54, 1.807) is 0 Å². The van der Waals surface area contributed by atoms with Crippen LogP contribution in [-0.2, 0) is 0 Å². The topological polar surface area (TPSA) is 32.3 Å². The SMILES string of the molecule is CC1CC(C)(C)CC(CO)(NC2CCSCC2)C1. The second kappa shape index (κ2) is 5.72. The summed E-state index contributed by atoms with van der Waals surface area (Å²) in [5.74, 6) is 3.27. The molecule has 1 saturated carbocycles. The van der Waals surface area contributed by atoms with Crippen LogP contribution in [-0.4, -0.2) is 34.8 Å². The molecule has 0 spiro atoms. The highest BCUT2D eigenvalue weighted by Crippen LogP contribution is 2.44. The maximum absolute atomic E-state index is 9.95. The lowest BCUT2D eigenvalue weighted by molar-refractivity contribution is 0.0277. The average Bonchev–Trinajstić information content (AvgIpc) is 2.27. The van der Waals surface area contributed by atoms with Crippen molar-refractivity contribution in [2.75, 3.05) is 18.1 Å². The molecule has 2 nitrogen and oxygen atoms in total. The van der Waals surface area contributed by atoms with Crippen molar-refractivity contribution in [3.63, 3.8) is 0 Å². The van der Waals surface area contributed by atoms with E-state index in [0.29, 0.717) is 24.0 Å². The van der Waals surface area contributed by atoms with E-state index >= 15 is 0 Å². The lowest BCUT2D eigenvalue weighted by atomic mass is 9.64. The van der Waals surface area contributed by atoms with Gasteiger partial charge in [-0.3, -0.25) is 0 Å².